The monoisotopic (exact) mass is 477 g/mol. The fourth-order valence-electron chi connectivity index (χ4n) is 4.55. The molecule has 3 amide bonds. The van der Waals surface area contributed by atoms with Crippen molar-refractivity contribution in [2.24, 2.45) is 0 Å². The van der Waals surface area contributed by atoms with Gasteiger partial charge in [-0.2, -0.15) is 0 Å². The SMILES string of the molecule is Cc1ccc(N(C(=O)CNC(=O)c2ccco2)C(C(=O)NC2CCCC2)c2ccc(C)o2)c(C)c1. The minimum absolute atomic E-state index is 0.0655. The van der Waals surface area contributed by atoms with Gasteiger partial charge in [0.25, 0.3) is 11.8 Å². The average Bonchev–Trinajstić information content (AvgIpc) is 3.59. The zero-order valence-corrected chi connectivity index (χ0v) is 20.3. The van der Waals surface area contributed by atoms with E-state index in [2.05, 4.69) is 10.6 Å². The standard InChI is InChI=1S/C27H31N3O5/c1-17-10-12-21(18(2)15-17)30(24(31)16-28-26(32)23-9-6-14-34-23)25(22-13-11-19(3)35-22)27(33)29-20-7-4-5-8-20/h6,9-15,20,25H,4-5,7-8,16H2,1-3H3,(H,28,32)(H,29,33). The molecule has 1 aliphatic rings. The van der Waals surface area contributed by atoms with Gasteiger partial charge >= 0.3 is 0 Å². The number of rotatable bonds is 8. The van der Waals surface area contributed by atoms with E-state index in [0.29, 0.717) is 17.2 Å². The lowest BCUT2D eigenvalue weighted by molar-refractivity contribution is -0.127. The highest BCUT2D eigenvalue weighted by atomic mass is 16.3. The minimum Gasteiger partial charge on any atom is -0.464 e. The molecule has 1 saturated carbocycles. The van der Waals surface area contributed by atoms with Crippen molar-refractivity contribution in [3.63, 3.8) is 0 Å². The van der Waals surface area contributed by atoms with Gasteiger partial charge in [-0.15, -0.1) is 0 Å². The summed E-state index contributed by atoms with van der Waals surface area (Å²) in [4.78, 5) is 41.2. The Bertz CT molecular complexity index is 1190. The summed E-state index contributed by atoms with van der Waals surface area (Å²) < 4.78 is 11.0. The first-order chi connectivity index (χ1) is 16.8. The molecule has 1 aliphatic carbocycles. The summed E-state index contributed by atoms with van der Waals surface area (Å²) in [5.41, 5.74) is 2.44. The second-order valence-corrected chi connectivity index (χ2v) is 9.05. The molecule has 8 nitrogen and oxygen atoms in total. The number of furan rings is 2. The average molecular weight is 478 g/mol. The molecular formula is C27H31N3O5. The van der Waals surface area contributed by atoms with Crippen LogP contribution < -0.4 is 15.5 Å². The molecule has 0 bridgehead atoms. The van der Waals surface area contributed by atoms with Gasteiger partial charge in [0.2, 0.25) is 5.91 Å². The molecule has 0 saturated heterocycles. The van der Waals surface area contributed by atoms with E-state index in [1.54, 1.807) is 25.1 Å². The first-order valence-electron chi connectivity index (χ1n) is 11.9. The molecule has 2 N–H and O–H groups in total. The number of nitrogens with one attached hydrogen (secondary N) is 2. The van der Waals surface area contributed by atoms with E-state index >= 15 is 0 Å². The molecule has 2 heterocycles. The molecule has 2 aromatic heterocycles. The maximum absolute atomic E-state index is 13.7. The number of carbonyl (C=O) groups excluding carboxylic acids is 3. The van der Waals surface area contributed by atoms with Crippen molar-refractivity contribution >= 4 is 23.4 Å². The second kappa shape index (κ2) is 10.6. The first-order valence-corrected chi connectivity index (χ1v) is 11.9. The third kappa shape index (κ3) is 5.65. The molecule has 1 fully saturated rings. The van der Waals surface area contributed by atoms with E-state index in [0.717, 1.165) is 36.8 Å². The molecule has 8 heteroatoms. The number of hydrogen-bond donors (Lipinski definition) is 2. The van der Waals surface area contributed by atoms with Crippen LogP contribution in [0.15, 0.2) is 57.6 Å². The molecular weight excluding hydrogens is 446 g/mol. The summed E-state index contributed by atoms with van der Waals surface area (Å²) >= 11 is 0. The molecule has 1 atom stereocenters. The van der Waals surface area contributed by atoms with E-state index < -0.39 is 17.9 Å². The second-order valence-electron chi connectivity index (χ2n) is 9.05. The first kappa shape index (κ1) is 24.3. The Morgan fingerprint density at radius 2 is 1.83 bits per heavy atom. The van der Waals surface area contributed by atoms with Crippen LogP contribution in [-0.4, -0.2) is 30.3 Å². The van der Waals surface area contributed by atoms with Crippen LogP contribution in [0.3, 0.4) is 0 Å². The van der Waals surface area contributed by atoms with Gasteiger partial charge in [0.15, 0.2) is 11.8 Å². The molecule has 0 radical (unpaired) electrons. The van der Waals surface area contributed by atoms with Gasteiger partial charge in [0, 0.05) is 11.7 Å². The summed E-state index contributed by atoms with van der Waals surface area (Å²) in [5.74, 6) is -0.159. The molecule has 1 aromatic carbocycles. The zero-order valence-electron chi connectivity index (χ0n) is 20.3. The number of carbonyl (C=O) groups is 3. The van der Waals surface area contributed by atoms with Gasteiger partial charge in [0.05, 0.1) is 12.8 Å². The number of aryl methyl sites for hydroxylation is 3. The van der Waals surface area contributed by atoms with Crippen LogP contribution in [0.4, 0.5) is 5.69 Å². The quantitative estimate of drug-likeness (QED) is 0.502. The van der Waals surface area contributed by atoms with Crippen molar-refractivity contribution in [2.75, 3.05) is 11.4 Å². The van der Waals surface area contributed by atoms with Crippen LogP contribution in [0.1, 0.15) is 64.9 Å². The number of benzene rings is 1. The highest BCUT2D eigenvalue weighted by Gasteiger charge is 2.37. The van der Waals surface area contributed by atoms with Crippen molar-refractivity contribution in [3.8, 4) is 0 Å². The van der Waals surface area contributed by atoms with Gasteiger partial charge in [-0.05, 0) is 69.5 Å². The smallest absolute Gasteiger partial charge is 0.287 e. The number of anilines is 1. The fourth-order valence-corrected chi connectivity index (χ4v) is 4.55. The predicted molar refractivity (Wildman–Crippen MR) is 131 cm³/mol. The van der Waals surface area contributed by atoms with Gasteiger partial charge in [-0.3, -0.25) is 19.3 Å². The Labute approximate surface area is 204 Å². The van der Waals surface area contributed by atoms with Crippen LogP contribution >= 0.6 is 0 Å². The van der Waals surface area contributed by atoms with Gasteiger partial charge in [-0.25, -0.2) is 0 Å². The van der Waals surface area contributed by atoms with E-state index in [9.17, 15) is 14.4 Å². The van der Waals surface area contributed by atoms with Crippen LogP contribution in [0.25, 0.3) is 0 Å². The Balaban J connectivity index is 1.69. The lowest BCUT2D eigenvalue weighted by Gasteiger charge is -2.32. The van der Waals surface area contributed by atoms with Gasteiger partial charge < -0.3 is 19.5 Å². The number of nitrogens with zero attached hydrogens (tertiary/aromatic N) is 1. The molecule has 3 aromatic rings. The van der Waals surface area contributed by atoms with Gasteiger partial charge in [0.1, 0.15) is 11.5 Å². The summed E-state index contributed by atoms with van der Waals surface area (Å²) in [6, 6.07) is 11.3. The fraction of sp³-hybridized carbons (Fsp3) is 0.370. The van der Waals surface area contributed by atoms with Crippen molar-refractivity contribution < 1.29 is 23.2 Å². The molecule has 184 valence electrons. The van der Waals surface area contributed by atoms with Gasteiger partial charge in [-0.1, -0.05) is 30.5 Å². The summed E-state index contributed by atoms with van der Waals surface area (Å²) in [6.07, 6.45) is 5.34. The number of hydrogen-bond acceptors (Lipinski definition) is 5. The van der Waals surface area contributed by atoms with Crippen molar-refractivity contribution in [2.45, 2.75) is 58.5 Å². The van der Waals surface area contributed by atoms with Crippen molar-refractivity contribution in [3.05, 3.63) is 77.1 Å². The Hall–Kier alpha value is -3.81. The normalized spacial score (nSPS) is 14.5. The highest BCUT2D eigenvalue weighted by molar-refractivity contribution is 6.04. The lowest BCUT2D eigenvalue weighted by atomic mass is 10.0. The third-order valence-electron chi connectivity index (χ3n) is 6.26. The maximum Gasteiger partial charge on any atom is 0.287 e. The van der Waals surface area contributed by atoms with E-state index in [4.69, 9.17) is 8.83 Å². The molecule has 0 aliphatic heterocycles. The van der Waals surface area contributed by atoms with E-state index in [-0.39, 0.29) is 24.3 Å². The third-order valence-corrected chi connectivity index (χ3v) is 6.26. The van der Waals surface area contributed by atoms with Crippen LogP contribution in [0.2, 0.25) is 0 Å². The molecule has 4 rings (SSSR count). The molecule has 35 heavy (non-hydrogen) atoms. The Kier molecular flexibility index (Phi) is 7.39. The van der Waals surface area contributed by atoms with Crippen molar-refractivity contribution in [1.82, 2.24) is 10.6 Å². The lowest BCUT2D eigenvalue weighted by Crippen LogP contribution is -2.49. The summed E-state index contributed by atoms with van der Waals surface area (Å²) in [7, 11) is 0. The molecule has 1 unspecified atom stereocenters. The van der Waals surface area contributed by atoms with Crippen molar-refractivity contribution in [1.29, 1.82) is 0 Å². The zero-order chi connectivity index (χ0) is 24.9. The predicted octanol–water partition coefficient (Wildman–Crippen LogP) is 4.36. The summed E-state index contributed by atoms with van der Waals surface area (Å²) in [6.45, 7) is 5.33. The van der Waals surface area contributed by atoms with Crippen LogP contribution in [0, 0.1) is 20.8 Å². The van der Waals surface area contributed by atoms with E-state index in [1.165, 1.54) is 17.2 Å². The van der Waals surface area contributed by atoms with E-state index in [1.807, 2.05) is 32.0 Å². The van der Waals surface area contributed by atoms with Crippen LogP contribution in [0.5, 0.6) is 0 Å². The summed E-state index contributed by atoms with van der Waals surface area (Å²) in [5, 5.41) is 5.72. The van der Waals surface area contributed by atoms with Crippen LogP contribution in [-0.2, 0) is 9.59 Å². The Morgan fingerprint density at radius 3 is 2.46 bits per heavy atom. The maximum atomic E-state index is 13.7. The minimum atomic E-state index is -1.03. The Morgan fingerprint density at radius 1 is 1.06 bits per heavy atom. The highest BCUT2D eigenvalue weighted by Crippen LogP contribution is 2.32. The topological polar surface area (TPSA) is 105 Å². The molecule has 0 spiro atoms. The number of amides is 3. The largest absolute Gasteiger partial charge is 0.464 e.